The molecule has 1 heterocycles. The van der Waals surface area contributed by atoms with Crippen LogP contribution in [-0.2, 0) is 5.11 Å². The number of nitrogens with zero attached hydrogens (tertiary/aromatic N) is 1. The van der Waals surface area contributed by atoms with Crippen molar-refractivity contribution in [3.8, 4) is 0 Å². The van der Waals surface area contributed by atoms with E-state index in [1.165, 1.54) is 0 Å². The van der Waals surface area contributed by atoms with Crippen LogP contribution in [0, 0.1) is 0 Å². The minimum atomic E-state index is -0.406. The summed E-state index contributed by atoms with van der Waals surface area (Å²) in [6.45, 7) is 2.33. The van der Waals surface area contributed by atoms with Gasteiger partial charge in [-0.1, -0.05) is 0 Å². The van der Waals surface area contributed by atoms with Crippen molar-refractivity contribution in [1.82, 2.24) is 4.90 Å². The predicted molar refractivity (Wildman–Crippen MR) is 32.6 cm³/mol. The van der Waals surface area contributed by atoms with Gasteiger partial charge >= 0.3 is 0 Å². The summed E-state index contributed by atoms with van der Waals surface area (Å²) in [6.07, 6.45) is 0.344. The van der Waals surface area contributed by atoms with Gasteiger partial charge in [0.15, 0.2) is 0 Å². The van der Waals surface area contributed by atoms with Crippen molar-refractivity contribution in [3.63, 3.8) is 0 Å². The Balaban J connectivity index is 2.14. The van der Waals surface area contributed by atoms with Gasteiger partial charge in [-0.25, -0.2) is 5.11 Å². The molecule has 0 bridgehead atoms. The maximum absolute atomic E-state index is 10.7. The predicted octanol–water partition coefficient (Wildman–Crippen LogP) is -0.516. The Morgan fingerprint density at radius 3 is 2.89 bits per heavy atom. The summed E-state index contributed by atoms with van der Waals surface area (Å²) in [6, 6.07) is 0. The summed E-state index contributed by atoms with van der Waals surface area (Å²) in [5.41, 5.74) is 0. The van der Waals surface area contributed by atoms with E-state index < -0.39 is 6.10 Å². The van der Waals surface area contributed by atoms with Crippen molar-refractivity contribution in [2.75, 3.05) is 26.2 Å². The van der Waals surface area contributed by atoms with Crippen LogP contribution < -0.4 is 0 Å². The second-order valence-electron chi connectivity index (χ2n) is 2.43. The van der Waals surface area contributed by atoms with E-state index in [2.05, 4.69) is 0 Å². The van der Waals surface area contributed by atoms with E-state index in [1.807, 2.05) is 4.90 Å². The Labute approximate surface area is 54.9 Å². The first-order valence-corrected chi connectivity index (χ1v) is 3.32. The minimum Gasteiger partial charge on any atom is -0.395 e. The number of aliphatic hydroxyl groups excluding tert-OH is 1. The highest BCUT2D eigenvalue weighted by Gasteiger charge is 2.20. The van der Waals surface area contributed by atoms with E-state index in [-0.39, 0.29) is 6.61 Å². The highest BCUT2D eigenvalue weighted by molar-refractivity contribution is 4.73. The number of aliphatic hydroxyl groups is 1. The van der Waals surface area contributed by atoms with Crippen LogP contribution in [-0.4, -0.2) is 42.4 Å². The lowest BCUT2D eigenvalue weighted by atomic mass is 10.3. The van der Waals surface area contributed by atoms with E-state index in [4.69, 9.17) is 5.11 Å². The Morgan fingerprint density at radius 1 is 1.67 bits per heavy atom. The molecule has 1 fully saturated rings. The van der Waals surface area contributed by atoms with E-state index >= 15 is 0 Å². The van der Waals surface area contributed by atoms with Crippen molar-refractivity contribution in [2.45, 2.75) is 12.5 Å². The topological polar surface area (TPSA) is 43.4 Å². The van der Waals surface area contributed by atoms with Crippen LogP contribution in [0.15, 0.2) is 0 Å². The summed E-state index contributed by atoms with van der Waals surface area (Å²) >= 11 is 0. The Bertz CT molecular complexity index is 85.1. The Hall–Kier alpha value is -0.120. The molecule has 1 radical (unpaired) electrons. The summed E-state index contributed by atoms with van der Waals surface area (Å²) in [5.74, 6) is 0. The van der Waals surface area contributed by atoms with Crippen LogP contribution >= 0.6 is 0 Å². The molecule has 0 aromatic rings. The number of hydrogen-bond donors (Lipinski definition) is 1. The molecule has 3 nitrogen and oxygen atoms in total. The molecule has 9 heavy (non-hydrogen) atoms. The molecule has 1 atom stereocenters. The van der Waals surface area contributed by atoms with Crippen molar-refractivity contribution in [1.29, 1.82) is 0 Å². The molecule has 1 N–H and O–H groups in total. The number of rotatable bonds is 2. The molecular formula is C6H12NO2. The average molecular weight is 130 g/mol. The van der Waals surface area contributed by atoms with E-state index in [0.29, 0.717) is 13.1 Å². The van der Waals surface area contributed by atoms with Gasteiger partial charge in [-0.05, 0) is 6.42 Å². The van der Waals surface area contributed by atoms with Crippen molar-refractivity contribution in [3.05, 3.63) is 0 Å². The molecule has 0 spiro atoms. The molecule has 53 valence electrons. The molecule has 1 unspecified atom stereocenters. The lowest BCUT2D eigenvalue weighted by Crippen LogP contribution is -2.24. The van der Waals surface area contributed by atoms with Crippen LogP contribution in [0.1, 0.15) is 6.42 Å². The summed E-state index contributed by atoms with van der Waals surface area (Å²) in [5, 5.41) is 19.2. The maximum atomic E-state index is 10.7. The summed E-state index contributed by atoms with van der Waals surface area (Å²) in [7, 11) is 0. The first-order chi connectivity index (χ1) is 4.33. The van der Waals surface area contributed by atoms with Gasteiger partial charge in [0.05, 0.1) is 6.61 Å². The van der Waals surface area contributed by atoms with Gasteiger partial charge in [-0.15, -0.1) is 0 Å². The fourth-order valence-corrected chi connectivity index (χ4v) is 1.14. The SMILES string of the molecule is [O]C1CCN(CCO)C1. The van der Waals surface area contributed by atoms with Gasteiger partial charge in [0.25, 0.3) is 0 Å². The third kappa shape index (κ3) is 1.93. The van der Waals surface area contributed by atoms with Crippen LogP contribution in [0.5, 0.6) is 0 Å². The minimum absolute atomic E-state index is 0.173. The standard InChI is InChI=1S/C6H12NO2/c8-4-3-7-2-1-6(9)5-7/h6,8H,1-5H2. The zero-order chi connectivity index (χ0) is 6.69. The van der Waals surface area contributed by atoms with Gasteiger partial charge in [0.1, 0.15) is 6.10 Å². The van der Waals surface area contributed by atoms with Gasteiger partial charge in [-0.2, -0.15) is 0 Å². The molecule has 1 aliphatic heterocycles. The first kappa shape index (κ1) is 6.99. The second kappa shape index (κ2) is 3.15. The summed E-state index contributed by atoms with van der Waals surface area (Å²) < 4.78 is 0. The van der Waals surface area contributed by atoms with Crippen LogP contribution in [0.25, 0.3) is 0 Å². The van der Waals surface area contributed by atoms with Gasteiger partial charge in [0.2, 0.25) is 0 Å². The molecule has 0 aromatic carbocycles. The van der Waals surface area contributed by atoms with Crippen molar-refractivity contribution in [2.24, 2.45) is 0 Å². The van der Waals surface area contributed by atoms with E-state index in [0.717, 1.165) is 13.0 Å². The van der Waals surface area contributed by atoms with Crippen LogP contribution in [0.2, 0.25) is 0 Å². The van der Waals surface area contributed by atoms with Crippen LogP contribution in [0.4, 0.5) is 0 Å². The van der Waals surface area contributed by atoms with Crippen molar-refractivity contribution < 1.29 is 10.2 Å². The second-order valence-corrected chi connectivity index (χ2v) is 2.43. The smallest absolute Gasteiger partial charge is 0.107 e. The van der Waals surface area contributed by atoms with E-state index in [9.17, 15) is 5.11 Å². The molecular weight excluding hydrogens is 118 g/mol. The largest absolute Gasteiger partial charge is 0.395 e. The third-order valence-electron chi connectivity index (χ3n) is 1.65. The normalized spacial score (nSPS) is 29.3. The fraction of sp³-hybridized carbons (Fsp3) is 1.00. The molecule has 1 aliphatic rings. The van der Waals surface area contributed by atoms with E-state index in [1.54, 1.807) is 0 Å². The lowest BCUT2D eigenvalue weighted by molar-refractivity contribution is 0.0923. The highest BCUT2D eigenvalue weighted by Crippen LogP contribution is 2.07. The quantitative estimate of drug-likeness (QED) is 0.546. The monoisotopic (exact) mass is 130 g/mol. The third-order valence-corrected chi connectivity index (χ3v) is 1.65. The first-order valence-electron chi connectivity index (χ1n) is 3.32. The highest BCUT2D eigenvalue weighted by atomic mass is 16.3. The van der Waals surface area contributed by atoms with Gasteiger partial charge < -0.3 is 5.11 Å². The number of β-amino-alcohol motifs (C(OH)–C–C–N with tert-alkyl or cyclic N) is 1. The Kier molecular flexibility index (Phi) is 2.45. The fourth-order valence-electron chi connectivity index (χ4n) is 1.14. The Morgan fingerprint density at radius 2 is 2.44 bits per heavy atom. The number of hydrogen-bond acceptors (Lipinski definition) is 2. The maximum Gasteiger partial charge on any atom is 0.107 e. The zero-order valence-electron chi connectivity index (χ0n) is 5.42. The molecule has 3 heteroatoms. The zero-order valence-corrected chi connectivity index (χ0v) is 5.42. The number of likely N-dealkylation sites (tertiary alicyclic amines) is 1. The summed E-state index contributed by atoms with van der Waals surface area (Å²) in [4.78, 5) is 2.00. The molecule has 1 rings (SSSR count). The molecule has 0 aliphatic carbocycles. The molecule has 0 saturated carbocycles. The van der Waals surface area contributed by atoms with Crippen molar-refractivity contribution >= 4 is 0 Å². The molecule has 0 aromatic heterocycles. The lowest BCUT2D eigenvalue weighted by Gasteiger charge is -2.10. The van der Waals surface area contributed by atoms with Crippen LogP contribution in [0.3, 0.4) is 0 Å². The molecule has 0 amide bonds. The average Bonchev–Trinajstić information content (AvgIpc) is 2.17. The van der Waals surface area contributed by atoms with Gasteiger partial charge in [0, 0.05) is 19.6 Å². The molecule has 1 saturated heterocycles. The van der Waals surface area contributed by atoms with Gasteiger partial charge in [-0.3, -0.25) is 4.90 Å².